The first-order valence-corrected chi connectivity index (χ1v) is 11.4. The molecule has 0 aliphatic rings. The molecule has 0 saturated carbocycles. The molecule has 1 unspecified atom stereocenters. The molecule has 1 atom stereocenters. The summed E-state index contributed by atoms with van der Waals surface area (Å²) in [6.07, 6.45) is 11.5. The standard InChI is InChI=1S/C29H24N4O2/c34-21-27(28(35)15-14-24-10-2-5-17-31-24)26(20-25-11-3-6-18-32-25)29-22(8-7-19-33-29)12-13-23-9-1-4-16-30-23/h1-11,14-19,26H,12-13,20H2/b15-14+. The molecule has 0 fully saturated rings. The highest BCUT2D eigenvalue weighted by Crippen LogP contribution is 2.29. The Morgan fingerprint density at radius 2 is 1.46 bits per heavy atom. The zero-order chi connectivity index (χ0) is 24.3. The Labute approximate surface area is 204 Å². The minimum Gasteiger partial charge on any atom is -0.289 e. The lowest BCUT2D eigenvalue weighted by molar-refractivity contribution is -0.111. The normalized spacial score (nSPS) is 11.7. The van der Waals surface area contributed by atoms with Crippen LogP contribution in [0.4, 0.5) is 0 Å². The lowest BCUT2D eigenvalue weighted by Gasteiger charge is -2.19. The first-order chi connectivity index (χ1) is 17.2. The summed E-state index contributed by atoms with van der Waals surface area (Å²) in [5, 5.41) is 0. The largest absolute Gasteiger partial charge is 0.289 e. The average molecular weight is 461 g/mol. The second kappa shape index (κ2) is 12.1. The minimum atomic E-state index is -0.594. The van der Waals surface area contributed by atoms with Crippen LogP contribution >= 0.6 is 0 Å². The van der Waals surface area contributed by atoms with E-state index in [4.69, 9.17) is 0 Å². The van der Waals surface area contributed by atoms with Crippen LogP contribution in [0.5, 0.6) is 0 Å². The van der Waals surface area contributed by atoms with E-state index >= 15 is 0 Å². The van der Waals surface area contributed by atoms with E-state index in [1.165, 1.54) is 6.08 Å². The van der Waals surface area contributed by atoms with Gasteiger partial charge in [-0.05, 0) is 73.0 Å². The van der Waals surface area contributed by atoms with Crippen molar-refractivity contribution in [2.24, 2.45) is 0 Å². The van der Waals surface area contributed by atoms with Crippen LogP contribution in [0.25, 0.3) is 6.08 Å². The summed E-state index contributed by atoms with van der Waals surface area (Å²) in [7, 11) is 0. The van der Waals surface area contributed by atoms with Crippen LogP contribution in [-0.4, -0.2) is 31.7 Å². The van der Waals surface area contributed by atoms with Crippen molar-refractivity contribution in [1.29, 1.82) is 0 Å². The number of rotatable bonds is 10. The average Bonchev–Trinajstić information content (AvgIpc) is 2.92. The lowest BCUT2D eigenvalue weighted by atomic mass is 9.85. The Bertz CT molecular complexity index is 1330. The second-order valence-electron chi connectivity index (χ2n) is 7.91. The van der Waals surface area contributed by atoms with Crippen LogP contribution in [0.3, 0.4) is 0 Å². The molecule has 0 aliphatic carbocycles. The number of nitrogens with zero attached hydrogens (tertiary/aromatic N) is 4. The molecule has 0 amide bonds. The summed E-state index contributed by atoms with van der Waals surface area (Å²) in [6.45, 7) is 0. The summed E-state index contributed by atoms with van der Waals surface area (Å²) >= 11 is 0. The van der Waals surface area contributed by atoms with E-state index in [-0.39, 0.29) is 5.57 Å². The van der Waals surface area contributed by atoms with Gasteiger partial charge in [-0.1, -0.05) is 24.3 Å². The minimum absolute atomic E-state index is 0.0145. The molecule has 0 bridgehead atoms. The highest BCUT2D eigenvalue weighted by molar-refractivity contribution is 6.12. The third kappa shape index (κ3) is 6.50. The first-order valence-electron chi connectivity index (χ1n) is 11.4. The summed E-state index contributed by atoms with van der Waals surface area (Å²) in [6, 6.07) is 20.7. The van der Waals surface area contributed by atoms with E-state index in [1.54, 1.807) is 43.0 Å². The molecule has 4 aromatic heterocycles. The third-order valence-electron chi connectivity index (χ3n) is 5.59. The van der Waals surface area contributed by atoms with E-state index in [0.717, 1.165) is 17.0 Å². The molecule has 0 N–H and O–H groups in total. The van der Waals surface area contributed by atoms with Crippen LogP contribution in [0, 0.1) is 0 Å². The molecule has 6 nitrogen and oxygen atoms in total. The highest BCUT2D eigenvalue weighted by atomic mass is 16.1. The number of carbonyl (C=O) groups excluding carboxylic acids is 2. The maximum atomic E-state index is 13.2. The van der Waals surface area contributed by atoms with Gasteiger partial charge in [-0.2, -0.15) is 0 Å². The quantitative estimate of drug-likeness (QED) is 0.257. The van der Waals surface area contributed by atoms with Crippen LogP contribution in [0.2, 0.25) is 0 Å². The van der Waals surface area contributed by atoms with Gasteiger partial charge < -0.3 is 0 Å². The molecular weight excluding hydrogens is 436 g/mol. The van der Waals surface area contributed by atoms with Crippen molar-refractivity contribution >= 4 is 17.8 Å². The van der Waals surface area contributed by atoms with Crippen molar-refractivity contribution in [3.63, 3.8) is 0 Å². The molecule has 4 rings (SSSR count). The predicted octanol–water partition coefficient (Wildman–Crippen LogP) is 4.42. The molecule has 172 valence electrons. The molecule has 4 aromatic rings. The number of allylic oxidation sites excluding steroid dienone is 2. The van der Waals surface area contributed by atoms with E-state index in [0.29, 0.717) is 30.7 Å². The molecule has 6 heteroatoms. The summed E-state index contributed by atoms with van der Waals surface area (Å²) in [5.74, 6) is 0.906. The fraction of sp³-hybridized carbons (Fsp3) is 0.138. The fourth-order valence-electron chi connectivity index (χ4n) is 3.87. The Kier molecular flexibility index (Phi) is 8.14. The molecule has 0 radical (unpaired) electrons. The molecular formula is C29H24N4O2. The SMILES string of the molecule is O=C=C(C(=O)/C=C/c1ccccn1)C(Cc1ccccn1)c1ncccc1CCc1ccccn1. The summed E-state index contributed by atoms with van der Waals surface area (Å²) in [5.41, 5.74) is 3.99. The van der Waals surface area contributed by atoms with Crippen molar-refractivity contribution in [3.8, 4) is 0 Å². The predicted molar refractivity (Wildman–Crippen MR) is 134 cm³/mol. The van der Waals surface area contributed by atoms with Crippen LogP contribution < -0.4 is 0 Å². The maximum Gasteiger partial charge on any atom is 0.193 e. The van der Waals surface area contributed by atoms with E-state index in [9.17, 15) is 9.59 Å². The molecule has 4 heterocycles. The van der Waals surface area contributed by atoms with Crippen LogP contribution in [0.1, 0.15) is 34.3 Å². The zero-order valence-corrected chi connectivity index (χ0v) is 19.1. The Hall–Kier alpha value is -4.54. The van der Waals surface area contributed by atoms with Crippen LogP contribution in [-0.2, 0) is 28.9 Å². The number of pyridine rings is 4. The van der Waals surface area contributed by atoms with Gasteiger partial charge in [0.25, 0.3) is 0 Å². The van der Waals surface area contributed by atoms with Gasteiger partial charge >= 0.3 is 0 Å². The smallest absolute Gasteiger partial charge is 0.193 e. The van der Waals surface area contributed by atoms with E-state index < -0.39 is 11.7 Å². The Balaban J connectivity index is 1.67. The number of ketones is 1. The molecule has 35 heavy (non-hydrogen) atoms. The van der Waals surface area contributed by atoms with Crippen molar-refractivity contribution < 1.29 is 9.59 Å². The van der Waals surface area contributed by atoms with Gasteiger partial charge in [0, 0.05) is 48.5 Å². The van der Waals surface area contributed by atoms with Crippen molar-refractivity contribution in [1.82, 2.24) is 19.9 Å². The number of hydrogen-bond acceptors (Lipinski definition) is 6. The monoisotopic (exact) mass is 460 g/mol. The lowest BCUT2D eigenvalue weighted by Crippen LogP contribution is -2.17. The van der Waals surface area contributed by atoms with Gasteiger partial charge in [0.05, 0.1) is 17.0 Å². The fourth-order valence-corrected chi connectivity index (χ4v) is 3.87. The molecule has 0 aromatic carbocycles. The first kappa shape index (κ1) is 23.6. The van der Waals surface area contributed by atoms with E-state index in [1.807, 2.05) is 60.5 Å². The van der Waals surface area contributed by atoms with Crippen molar-refractivity contribution in [2.45, 2.75) is 25.2 Å². The maximum absolute atomic E-state index is 13.2. The van der Waals surface area contributed by atoms with Gasteiger partial charge in [-0.3, -0.25) is 24.7 Å². The third-order valence-corrected chi connectivity index (χ3v) is 5.59. The van der Waals surface area contributed by atoms with E-state index in [2.05, 4.69) is 19.9 Å². The number of hydrogen-bond donors (Lipinski definition) is 0. The number of aryl methyl sites for hydroxylation is 2. The van der Waals surface area contributed by atoms with Crippen molar-refractivity contribution in [3.05, 3.63) is 132 Å². The van der Waals surface area contributed by atoms with Crippen LogP contribution in [0.15, 0.2) is 103 Å². The summed E-state index contributed by atoms with van der Waals surface area (Å²) in [4.78, 5) is 43.0. The van der Waals surface area contributed by atoms with Gasteiger partial charge in [0.2, 0.25) is 0 Å². The number of aromatic nitrogens is 4. The Morgan fingerprint density at radius 1 is 0.771 bits per heavy atom. The van der Waals surface area contributed by atoms with Crippen molar-refractivity contribution in [2.75, 3.05) is 0 Å². The topological polar surface area (TPSA) is 85.7 Å². The molecule has 0 aliphatic heterocycles. The van der Waals surface area contributed by atoms with Gasteiger partial charge in [0.1, 0.15) is 5.94 Å². The molecule has 0 saturated heterocycles. The van der Waals surface area contributed by atoms with Gasteiger partial charge in [-0.25, -0.2) is 4.79 Å². The zero-order valence-electron chi connectivity index (χ0n) is 19.1. The number of carbonyl (C=O) groups is 1. The Morgan fingerprint density at radius 3 is 2.11 bits per heavy atom. The highest BCUT2D eigenvalue weighted by Gasteiger charge is 2.27. The van der Waals surface area contributed by atoms with Gasteiger partial charge in [0.15, 0.2) is 5.78 Å². The molecule has 0 spiro atoms. The second-order valence-corrected chi connectivity index (χ2v) is 7.91. The van der Waals surface area contributed by atoms with Gasteiger partial charge in [-0.15, -0.1) is 0 Å². The summed E-state index contributed by atoms with van der Waals surface area (Å²) < 4.78 is 0.